The molecule has 0 aliphatic heterocycles. The summed E-state index contributed by atoms with van der Waals surface area (Å²) in [6, 6.07) is 8.72. The lowest BCUT2D eigenvalue weighted by Crippen LogP contribution is -2.04. The first-order valence-corrected chi connectivity index (χ1v) is 5.38. The summed E-state index contributed by atoms with van der Waals surface area (Å²) in [5.74, 6) is 1.21. The Hall–Kier alpha value is -3.01. The molecule has 0 unspecified atom stereocenters. The van der Waals surface area contributed by atoms with Crippen LogP contribution in [-0.2, 0) is 0 Å². The van der Waals surface area contributed by atoms with Crippen molar-refractivity contribution in [3.05, 3.63) is 29.8 Å². The van der Waals surface area contributed by atoms with Crippen molar-refractivity contribution < 1.29 is 4.74 Å². The highest BCUT2D eigenvalue weighted by Crippen LogP contribution is 2.30. The first kappa shape index (κ1) is 12.4. The van der Waals surface area contributed by atoms with Crippen LogP contribution in [-0.4, -0.2) is 17.1 Å². The van der Waals surface area contributed by atoms with Gasteiger partial charge in [-0.1, -0.05) is 6.07 Å². The van der Waals surface area contributed by atoms with Gasteiger partial charge in [-0.25, -0.2) is 0 Å². The number of benzene rings is 1. The lowest BCUT2D eigenvalue weighted by atomic mass is 10.2. The average Bonchev–Trinajstić information content (AvgIpc) is 2.37. The van der Waals surface area contributed by atoms with E-state index in [2.05, 4.69) is 21.4 Å². The molecule has 2 rings (SSSR count). The fourth-order valence-electron chi connectivity index (χ4n) is 1.60. The van der Waals surface area contributed by atoms with Crippen LogP contribution in [0.5, 0.6) is 5.75 Å². The van der Waals surface area contributed by atoms with Gasteiger partial charge in [-0.15, -0.1) is 0 Å². The minimum atomic E-state index is 0.0518. The van der Waals surface area contributed by atoms with Crippen molar-refractivity contribution in [3.63, 3.8) is 0 Å². The van der Waals surface area contributed by atoms with E-state index >= 15 is 0 Å². The number of para-hydroxylation sites is 1. The molecule has 0 radical (unpaired) electrons. The molecule has 0 atom stereocenters. The Labute approximate surface area is 109 Å². The number of ether oxygens (including phenoxy) is 1. The van der Waals surface area contributed by atoms with Gasteiger partial charge in [0.1, 0.15) is 29.1 Å². The van der Waals surface area contributed by atoms with Gasteiger partial charge in [0.25, 0.3) is 0 Å². The fraction of sp³-hybridized carbons (Fsp3) is 0.0833. The molecule has 96 valence electrons. The maximum Gasteiger partial charge on any atom is 0.223 e. The minimum absolute atomic E-state index is 0.0518. The van der Waals surface area contributed by atoms with E-state index in [0.717, 1.165) is 0 Å². The molecule has 0 amide bonds. The largest absolute Gasteiger partial charge is 0.495 e. The molecule has 0 saturated heterocycles. The Balaban J connectivity index is 2.45. The fourth-order valence-corrected chi connectivity index (χ4v) is 1.60. The zero-order chi connectivity index (χ0) is 13.8. The monoisotopic (exact) mass is 256 g/mol. The lowest BCUT2D eigenvalue weighted by molar-refractivity contribution is 0.416. The summed E-state index contributed by atoms with van der Waals surface area (Å²) in [6.45, 7) is 0. The Bertz CT molecular complexity index is 629. The predicted octanol–water partition coefficient (Wildman–Crippen LogP) is 1.26. The first-order chi connectivity index (χ1) is 9.13. The Morgan fingerprint density at radius 3 is 2.74 bits per heavy atom. The molecule has 0 spiro atoms. The second kappa shape index (κ2) is 5.10. The number of hydrogen-bond acceptors (Lipinski definition) is 7. The number of nitrogen functional groups attached to an aromatic ring is 2. The molecular weight excluding hydrogens is 244 g/mol. The van der Waals surface area contributed by atoms with Crippen LogP contribution in [0.25, 0.3) is 0 Å². The first-order valence-electron chi connectivity index (χ1n) is 5.38. The van der Waals surface area contributed by atoms with E-state index in [1.807, 2.05) is 0 Å². The molecule has 0 aliphatic rings. The van der Waals surface area contributed by atoms with Crippen molar-refractivity contribution in [2.75, 3.05) is 23.9 Å². The number of nitrogens with one attached hydrogen (secondary N) is 1. The molecule has 19 heavy (non-hydrogen) atoms. The summed E-state index contributed by atoms with van der Waals surface area (Å²) in [5, 5.41) is 12.1. The van der Waals surface area contributed by atoms with Gasteiger partial charge in [0.2, 0.25) is 5.95 Å². The molecule has 0 aliphatic carbocycles. The van der Waals surface area contributed by atoms with E-state index < -0.39 is 0 Å². The maximum atomic E-state index is 9.10. The van der Waals surface area contributed by atoms with Crippen LogP contribution < -0.4 is 21.5 Å². The summed E-state index contributed by atoms with van der Waals surface area (Å²) < 4.78 is 5.20. The van der Waals surface area contributed by atoms with Gasteiger partial charge in [-0.2, -0.15) is 15.2 Å². The van der Waals surface area contributed by atoms with Crippen LogP contribution in [0.4, 0.5) is 23.3 Å². The predicted molar refractivity (Wildman–Crippen MR) is 71.8 cm³/mol. The number of nitriles is 1. The van der Waals surface area contributed by atoms with Gasteiger partial charge in [0.05, 0.1) is 12.7 Å². The lowest BCUT2D eigenvalue weighted by Gasteiger charge is -2.12. The van der Waals surface area contributed by atoms with Gasteiger partial charge < -0.3 is 21.5 Å². The standard InChI is InChI=1S/C12H12N6O/c1-19-8-4-2-3-7(6-13)11(8)17-10-5-9(14)16-12(15)18-10/h2-5H,1H3,(H5,14,15,16,17,18). The van der Waals surface area contributed by atoms with Crippen LogP contribution in [0.15, 0.2) is 24.3 Å². The molecule has 5 N–H and O–H groups in total. The number of hydrogen-bond donors (Lipinski definition) is 3. The van der Waals surface area contributed by atoms with Crippen molar-refractivity contribution in [3.8, 4) is 11.8 Å². The number of nitrogens with two attached hydrogens (primary N) is 2. The number of methoxy groups -OCH3 is 1. The van der Waals surface area contributed by atoms with Gasteiger partial charge in [-0.3, -0.25) is 0 Å². The molecule has 1 aromatic carbocycles. The Morgan fingerprint density at radius 1 is 1.32 bits per heavy atom. The van der Waals surface area contributed by atoms with E-state index in [1.54, 1.807) is 18.2 Å². The summed E-state index contributed by atoms with van der Waals surface area (Å²) in [7, 11) is 1.52. The van der Waals surface area contributed by atoms with Crippen LogP contribution in [0.1, 0.15) is 5.56 Å². The van der Waals surface area contributed by atoms with Crippen LogP contribution in [0.2, 0.25) is 0 Å². The summed E-state index contributed by atoms with van der Waals surface area (Å²) in [6.07, 6.45) is 0. The SMILES string of the molecule is COc1cccc(C#N)c1Nc1cc(N)nc(N)n1. The van der Waals surface area contributed by atoms with E-state index in [1.165, 1.54) is 13.2 Å². The van der Waals surface area contributed by atoms with Gasteiger partial charge in [-0.05, 0) is 12.1 Å². The Kier molecular flexibility index (Phi) is 3.34. The summed E-state index contributed by atoms with van der Waals surface area (Å²) in [4.78, 5) is 7.76. The number of aromatic nitrogens is 2. The second-order valence-corrected chi connectivity index (χ2v) is 3.66. The average molecular weight is 256 g/mol. The third-order valence-electron chi connectivity index (χ3n) is 2.38. The third kappa shape index (κ3) is 2.63. The highest BCUT2D eigenvalue weighted by molar-refractivity contribution is 5.72. The highest BCUT2D eigenvalue weighted by Gasteiger charge is 2.10. The van der Waals surface area contributed by atoms with Gasteiger partial charge in [0.15, 0.2) is 0 Å². The van der Waals surface area contributed by atoms with Crippen molar-refractivity contribution in [2.24, 2.45) is 0 Å². The third-order valence-corrected chi connectivity index (χ3v) is 2.38. The van der Waals surface area contributed by atoms with E-state index in [0.29, 0.717) is 22.8 Å². The zero-order valence-corrected chi connectivity index (χ0v) is 10.2. The van der Waals surface area contributed by atoms with Gasteiger partial charge >= 0.3 is 0 Å². The van der Waals surface area contributed by atoms with Crippen molar-refractivity contribution in [2.45, 2.75) is 0 Å². The van der Waals surface area contributed by atoms with Crippen LogP contribution in [0.3, 0.4) is 0 Å². The minimum Gasteiger partial charge on any atom is -0.495 e. The normalized spacial score (nSPS) is 9.68. The topological polar surface area (TPSA) is 123 Å². The molecule has 0 saturated carbocycles. The molecule has 0 bridgehead atoms. The maximum absolute atomic E-state index is 9.10. The van der Waals surface area contributed by atoms with Crippen molar-refractivity contribution in [1.29, 1.82) is 5.26 Å². The highest BCUT2D eigenvalue weighted by atomic mass is 16.5. The molecule has 1 heterocycles. The quantitative estimate of drug-likeness (QED) is 0.755. The van der Waals surface area contributed by atoms with E-state index in [9.17, 15) is 0 Å². The zero-order valence-electron chi connectivity index (χ0n) is 10.2. The van der Waals surface area contributed by atoms with Gasteiger partial charge in [0, 0.05) is 6.07 Å². The van der Waals surface area contributed by atoms with Crippen LogP contribution >= 0.6 is 0 Å². The van der Waals surface area contributed by atoms with Crippen LogP contribution in [0, 0.1) is 11.3 Å². The molecule has 7 heteroatoms. The molecular formula is C12H12N6O. The smallest absolute Gasteiger partial charge is 0.223 e. The summed E-state index contributed by atoms with van der Waals surface area (Å²) >= 11 is 0. The summed E-state index contributed by atoms with van der Waals surface area (Å²) in [5.41, 5.74) is 12.0. The molecule has 0 fully saturated rings. The van der Waals surface area contributed by atoms with Crippen molar-refractivity contribution in [1.82, 2.24) is 9.97 Å². The molecule has 2 aromatic rings. The number of anilines is 4. The van der Waals surface area contributed by atoms with Crippen molar-refractivity contribution >= 4 is 23.3 Å². The number of nitrogens with zero attached hydrogens (tertiary/aromatic N) is 3. The van der Waals surface area contributed by atoms with E-state index in [4.69, 9.17) is 21.5 Å². The second-order valence-electron chi connectivity index (χ2n) is 3.66. The van der Waals surface area contributed by atoms with E-state index in [-0.39, 0.29) is 11.8 Å². The molecule has 1 aromatic heterocycles. The molecule has 7 nitrogen and oxygen atoms in total. The Morgan fingerprint density at radius 2 is 2.11 bits per heavy atom. The number of rotatable bonds is 3.